The third kappa shape index (κ3) is 2.34. The van der Waals surface area contributed by atoms with Gasteiger partial charge in [-0.25, -0.2) is 0 Å². The van der Waals surface area contributed by atoms with Gasteiger partial charge in [0.1, 0.15) is 11.4 Å². The Labute approximate surface area is 132 Å². The van der Waals surface area contributed by atoms with Crippen LogP contribution in [0.1, 0.15) is 17.3 Å². The molecule has 0 spiro atoms. The molecular weight excluding hydrogens is 292 g/mol. The molecule has 1 amide bonds. The molecule has 0 aliphatic carbocycles. The molecule has 0 atom stereocenters. The Bertz CT molecular complexity index is 962. The van der Waals surface area contributed by atoms with Gasteiger partial charge < -0.3 is 16.0 Å². The van der Waals surface area contributed by atoms with E-state index in [0.717, 1.165) is 11.1 Å². The van der Waals surface area contributed by atoms with Gasteiger partial charge >= 0.3 is 0 Å². The molecule has 23 heavy (non-hydrogen) atoms. The first-order chi connectivity index (χ1) is 11.0. The highest BCUT2D eigenvalue weighted by atomic mass is 16.2. The van der Waals surface area contributed by atoms with Crippen LogP contribution in [0.5, 0.6) is 0 Å². The van der Waals surface area contributed by atoms with Crippen LogP contribution in [-0.2, 0) is 6.54 Å². The lowest BCUT2D eigenvalue weighted by Gasteiger charge is -2.15. The number of pyridine rings is 2. The predicted molar refractivity (Wildman–Crippen MR) is 90.0 cm³/mol. The molecule has 0 bridgehead atoms. The van der Waals surface area contributed by atoms with Crippen LogP contribution >= 0.6 is 0 Å². The van der Waals surface area contributed by atoms with Crippen molar-refractivity contribution in [3.8, 4) is 11.1 Å². The quantitative estimate of drug-likeness (QED) is 0.769. The number of amides is 1. The Kier molecular flexibility index (Phi) is 3.57. The molecule has 3 aromatic rings. The number of nitrogens with zero attached hydrogens (tertiary/aromatic N) is 2. The summed E-state index contributed by atoms with van der Waals surface area (Å²) in [4.78, 5) is 28.1. The average Bonchev–Trinajstić information content (AvgIpc) is 2.55. The summed E-state index contributed by atoms with van der Waals surface area (Å²) in [6.07, 6.45) is 3.41. The summed E-state index contributed by atoms with van der Waals surface area (Å²) >= 11 is 0. The van der Waals surface area contributed by atoms with Crippen LogP contribution in [-0.4, -0.2) is 15.5 Å². The van der Waals surface area contributed by atoms with Crippen LogP contribution in [0.25, 0.3) is 22.0 Å². The molecule has 0 unspecified atom stereocenters. The third-order valence-corrected chi connectivity index (χ3v) is 3.88. The number of anilines is 1. The van der Waals surface area contributed by atoms with Gasteiger partial charge in [0.25, 0.3) is 5.91 Å². The van der Waals surface area contributed by atoms with E-state index in [2.05, 4.69) is 4.98 Å². The number of aryl methyl sites for hydroxylation is 1. The summed E-state index contributed by atoms with van der Waals surface area (Å²) in [6.45, 7) is 2.41. The molecule has 0 saturated heterocycles. The molecule has 0 saturated carbocycles. The van der Waals surface area contributed by atoms with Gasteiger partial charge in [-0.05, 0) is 42.3 Å². The minimum Gasteiger partial charge on any atom is -0.384 e. The number of aromatic nitrogens is 2. The van der Waals surface area contributed by atoms with E-state index in [9.17, 15) is 9.59 Å². The molecule has 6 heteroatoms. The Hall–Kier alpha value is -3.15. The zero-order valence-corrected chi connectivity index (χ0v) is 12.6. The van der Waals surface area contributed by atoms with E-state index in [1.54, 1.807) is 23.0 Å². The smallest absolute Gasteiger partial charge is 0.256 e. The molecule has 0 aliphatic rings. The number of rotatable bonds is 3. The van der Waals surface area contributed by atoms with E-state index in [4.69, 9.17) is 11.5 Å². The van der Waals surface area contributed by atoms with E-state index >= 15 is 0 Å². The molecule has 116 valence electrons. The van der Waals surface area contributed by atoms with Crippen molar-refractivity contribution in [1.29, 1.82) is 0 Å². The molecule has 6 nitrogen and oxygen atoms in total. The molecule has 4 N–H and O–H groups in total. The number of nitrogens with two attached hydrogens (primary N) is 2. The molecule has 1 aromatic carbocycles. The van der Waals surface area contributed by atoms with Gasteiger partial charge in [-0.2, -0.15) is 0 Å². The highest BCUT2D eigenvalue weighted by Crippen LogP contribution is 2.25. The van der Waals surface area contributed by atoms with Crippen molar-refractivity contribution in [1.82, 2.24) is 9.55 Å². The number of primary amides is 1. The molecule has 2 heterocycles. The first kappa shape index (κ1) is 14.8. The number of nitrogen functional groups attached to an aromatic ring is 1. The Morgan fingerprint density at radius 1 is 1.17 bits per heavy atom. The monoisotopic (exact) mass is 308 g/mol. The van der Waals surface area contributed by atoms with Gasteiger partial charge in [-0.3, -0.25) is 14.6 Å². The Morgan fingerprint density at radius 2 is 1.87 bits per heavy atom. The number of hydrogen-bond acceptors (Lipinski definition) is 4. The van der Waals surface area contributed by atoms with Crippen molar-refractivity contribution in [3.63, 3.8) is 0 Å². The topological polar surface area (TPSA) is 104 Å². The van der Waals surface area contributed by atoms with Gasteiger partial charge in [0.15, 0.2) is 0 Å². The minimum absolute atomic E-state index is 0.101. The fourth-order valence-corrected chi connectivity index (χ4v) is 2.77. The summed E-state index contributed by atoms with van der Waals surface area (Å²) in [6, 6.07) is 9.19. The lowest BCUT2D eigenvalue weighted by Crippen LogP contribution is -2.27. The third-order valence-electron chi connectivity index (χ3n) is 3.88. The summed E-state index contributed by atoms with van der Waals surface area (Å²) in [7, 11) is 0. The van der Waals surface area contributed by atoms with Crippen molar-refractivity contribution >= 4 is 22.6 Å². The second-order valence-electron chi connectivity index (χ2n) is 5.17. The van der Waals surface area contributed by atoms with Gasteiger partial charge in [0, 0.05) is 24.3 Å². The van der Waals surface area contributed by atoms with E-state index in [1.807, 2.05) is 31.2 Å². The Morgan fingerprint density at radius 3 is 2.48 bits per heavy atom. The van der Waals surface area contributed by atoms with Crippen molar-refractivity contribution in [2.45, 2.75) is 13.5 Å². The maximum absolute atomic E-state index is 12.5. The van der Waals surface area contributed by atoms with Crippen molar-refractivity contribution in [3.05, 3.63) is 58.5 Å². The zero-order valence-electron chi connectivity index (χ0n) is 12.6. The normalized spacial score (nSPS) is 10.8. The lowest BCUT2D eigenvalue weighted by molar-refractivity contribution is 0.1000. The zero-order chi connectivity index (χ0) is 16.6. The molecule has 0 aliphatic heterocycles. The van der Waals surface area contributed by atoms with Crippen LogP contribution in [0.15, 0.2) is 47.5 Å². The van der Waals surface area contributed by atoms with Crippen molar-refractivity contribution in [2.24, 2.45) is 5.73 Å². The minimum atomic E-state index is -0.810. The highest BCUT2D eigenvalue weighted by molar-refractivity contribution is 6.01. The Balaban J connectivity index is 2.38. The second-order valence-corrected chi connectivity index (χ2v) is 5.17. The summed E-state index contributed by atoms with van der Waals surface area (Å²) < 4.78 is 1.72. The van der Waals surface area contributed by atoms with Crippen LogP contribution in [0.3, 0.4) is 0 Å². The summed E-state index contributed by atoms with van der Waals surface area (Å²) in [5.41, 5.74) is 13.3. The number of carbonyl (C=O) groups is 1. The maximum Gasteiger partial charge on any atom is 0.256 e. The van der Waals surface area contributed by atoms with E-state index < -0.39 is 11.3 Å². The molecule has 0 fully saturated rings. The molecular formula is C17H16N4O2. The standard InChI is InChI=1S/C17H16N4O2/c1-2-21-13-9-11(10-5-7-20-8-6-10)3-4-12(13)15(22)14(16(21)18)17(19)23/h3-9H,2,18H2,1H3,(H2,19,23). The number of fused-ring (bicyclic) bond motifs is 1. The van der Waals surface area contributed by atoms with Gasteiger partial charge in [0.05, 0.1) is 5.52 Å². The van der Waals surface area contributed by atoms with Crippen molar-refractivity contribution < 1.29 is 4.79 Å². The van der Waals surface area contributed by atoms with Crippen LogP contribution in [0.2, 0.25) is 0 Å². The first-order valence-electron chi connectivity index (χ1n) is 7.20. The molecule has 3 rings (SSSR count). The fourth-order valence-electron chi connectivity index (χ4n) is 2.77. The van der Waals surface area contributed by atoms with E-state index in [1.165, 1.54) is 0 Å². The maximum atomic E-state index is 12.5. The van der Waals surface area contributed by atoms with Crippen LogP contribution < -0.4 is 16.9 Å². The van der Waals surface area contributed by atoms with E-state index in [-0.39, 0.29) is 11.4 Å². The van der Waals surface area contributed by atoms with Gasteiger partial charge in [-0.15, -0.1) is 0 Å². The van der Waals surface area contributed by atoms with Crippen molar-refractivity contribution in [2.75, 3.05) is 5.73 Å². The van der Waals surface area contributed by atoms with Crippen LogP contribution in [0, 0.1) is 0 Å². The number of benzene rings is 1. The second kappa shape index (κ2) is 5.57. The largest absolute Gasteiger partial charge is 0.384 e. The summed E-state index contributed by atoms with van der Waals surface area (Å²) in [5, 5.41) is 0.424. The summed E-state index contributed by atoms with van der Waals surface area (Å²) in [5.74, 6) is -0.709. The van der Waals surface area contributed by atoms with E-state index in [0.29, 0.717) is 17.4 Å². The highest BCUT2D eigenvalue weighted by Gasteiger charge is 2.18. The fraction of sp³-hybridized carbons (Fsp3) is 0.118. The molecule has 2 aromatic heterocycles. The SMILES string of the molecule is CCn1c(N)c(C(N)=O)c(=O)c2ccc(-c3ccncc3)cc21. The predicted octanol–water partition coefficient (Wildman–Crippen LogP) is 1.76. The molecule has 0 radical (unpaired) electrons. The number of hydrogen-bond donors (Lipinski definition) is 2. The lowest BCUT2D eigenvalue weighted by atomic mass is 10.0. The first-order valence-corrected chi connectivity index (χ1v) is 7.20. The van der Waals surface area contributed by atoms with Crippen LogP contribution in [0.4, 0.5) is 5.82 Å². The number of carbonyl (C=O) groups excluding carboxylic acids is 1. The van der Waals surface area contributed by atoms with Gasteiger partial charge in [-0.1, -0.05) is 6.07 Å². The van der Waals surface area contributed by atoms with Gasteiger partial charge in [0.2, 0.25) is 5.43 Å². The average molecular weight is 308 g/mol.